The summed E-state index contributed by atoms with van der Waals surface area (Å²) >= 11 is 0. The molecule has 7 heteroatoms. The molecule has 1 aliphatic heterocycles. The summed E-state index contributed by atoms with van der Waals surface area (Å²) in [5.41, 5.74) is 1.25. The molecule has 28 heavy (non-hydrogen) atoms. The Bertz CT molecular complexity index is 874. The fraction of sp³-hybridized carbons (Fsp3) is 0.381. The van der Waals surface area contributed by atoms with Crippen LogP contribution in [0.5, 0.6) is 0 Å². The third-order valence-electron chi connectivity index (χ3n) is 5.05. The number of rotatable bonds is 7. The molecule has 2 amide bonds. The maximum Gasteiger partial charge on any atom is 0.339 e. The molecule has 0 saturated carbocycles. The second kappa shape index (κ2) is 8.29. The minimum Gasteiger partial charge on any atom is -0.478 e. The van der Waals surface area contributed by atoms with Crippen molar-refractivity contribution in [1.29, 1.82) is 0 Å². The van der Waals surface area contributed by atoms with Crippen LogP contribution in [-0.2, 0) is 22.6 Å². The Kier molecular flexibility index (Phi) is 5.82. The van der Waals surface area contributed by atoms with Gasteiger partial charge in [-0.1, -0.05) is 30.3 Å². The number of aromatic carboxylic acids is 1. The minimum absolute atomic E-state index is 0.00955. The summed E-state index contributed by atoms with van der Waals surface area (Å²) in [5, 5.41) is 9.10. The maximum absolute atomic E-state index is 12.7. The van der Waals surface area contributed by atoms with Crippen molar-refractivity contribution < 1.29 is 23.9 Å². The van der Waals surface area contributed by atoms with E-state index in [1.54, 1.807) is 18.9 Å². The predicted molar refractivity (Wildman–Crippen MR) is 102 cm³/mol. The molecule has 1 aromatic carbocycles. The number of carbonyl (C=O) groups is 3. The van der Waals surface area contributed by atoms with Crippen LogP contribution in [0.2, 0.25) is 0 Å². The van der Waals surface area contributed by atoms with E-state index in [1.807, 2.05) is 30.3 Å². The van der Waals surface area contributed by atoms with Gasteiger partial charge in [0.25, 0.3) is 0 Å². The molecule has 3 rings (SSSR count). The Hall–Kier alpha value is -3.09. The molecule has 0 radical (unpaired) electrons. The van der Waals surface area contributed by atoms with Crippen molar-refractivity contribution in [3.63, 3.8) is 0 Å². The number of furan rings is 1. The van der Waals surface area contributed by atoms with E-state index in [0.29, 0.717) is 24.6 Å². The van der Waals surface area contributed by atoms with E-state index >= 15 is 0 Å². The van der Waals surface area contributed by atoms with Crippen LogP contribution in [0, 0.1) is 12.8 Å². The second-order valence-electron chi connectivity index (χ2n) is 7.16. The number of hydrogen-bond acceptors (Lipinski definition) is 4. The van der Waals surface area contributed by atoms with Crippen molar-refractivity contribution in [2.75, 3.05) is 20.1 Å². The molecule has 0 unspecified atom stereocenters. The Morgan fingerprint density at radius 3 is 2.64 bits per heavy atom. The molecule has 0 spiro atoms. The lowest BCUT2D eigenvalue weighted by Gasteiger charge is -2.20. The summed E-state index contributed by atoms with van der Waals surface area (Å²) in [7, 11) is 1.64. The number of carboxylic acids is 1. The first-order valence-electron chi connectivity index (χ1n) is 9.24. The fourth-order valence-corrected chi connectivity index (χ4v) is 3.52. The van der Waals surface area contributed by atoms with Crippen molar-refractivity contribution in [3.8, 4) is 0 Å². The highest BCUT2D eigenvalue weighted by Gasteiger charge is 2.35. The summed E-state index contributed by atoms with van der Waals surface area (Å²) < 4.78 is 5.44. The van der Waals surface area contributed by atoms with Crippen LogP contribution >= 0.6 is 0 Å². The van der Waals surface area contributed by atoms with Crippen molar-refractivity contribution in [2.45, 2.75) is 26.3 Å². The number of carbonyl (C=O) groups excluding carboxylic acids is 2. The molecular weight excluding hydrogens is 360 g/mol. The van der Waals surface area contributed by atoms with Crippen molar-refractivity contribution >= 4 is 17.8 Å². The van der Waals surface area contributed by atoms with Gasteiger partial charge in [0.05, 0.1) is 12.5 Å². The Morgan fingerprint density at radius 2 is 2.00 bits per heavy atom. The fourth-order valence-electron chi connectivity index (χ4n) is 3.52. The lowest BCUT2D eigenvalue weighted by molar-refractivity contribution is -0.135. The number of nitrogens with zero attached hydrogens (tertiary/aromatic N) is 2. The van der Waals surface area contributed by atoms with Crippen molar-refractivity contribution in [3.05, 3.63) is 59.0 Å². The number of benzene rings is 1. The van der Waals surface area contributed by atoms with E-state index < -0.39 is 5.97 Å². The van der Waals surface area contributed by atoms with Gasteiger partial charge in [0, 0.05) is 26.6 Å². The first kappa shape index (κ1) is 19.7. The zero-order valence-electron chi connectivity index (χ0n) is 16.1. The Balaban J connectivity index is 1.56. The van der Waals surface area contributed by atoms with Gasteiger partial charge in [-0.15, -0.1) is 0 Å². The summed E-state index contributed by atoms with van der Waals surface area (Å²) in [5.74, 6) is -0.867. The molecule has 1 atom stereocenters. The molecule has 7 nitrogen and oxygen atoms in total. The van der Waals surface area contributed by atoms with Crippen molar-refractivity contribution in [1.82, 2.24) is 9.80 Å². The average molecular weight is 384 g/mol. The molecule has 0 bridgehead atoms. The average Bonchev–Trinajstić information content (AvgIpc) is 3.22. The van der Waals surface area contributed by atoms with Gasteiger partial charge in [-0.2, -0.15) is 0 Å². The zero-order valence-corrected chi connectivity index (χ0v) is 16.1. The summed E-state index contributed by atoms with van der Waals surface area (Å²) in [6, 6.07) is 11.4. The summed E-state index contributed by atoms with van der Waals surface area (Å²) in [6.07, 6.45) is 0.961. The van der Waals surface area contributed by atoms with Crippen LogP contribution in [0.15, 0.2) is 40.8 Å². The largest absolute Gasteiger partial charge is 0.478 e. The molecule has 1 aromatic heterocycles. The van der Waals surface area contributed by atoms with E-state index in [4.69, 9.17) is 9.52 Å². The molecule has 1 fully saturated rings. The van der Waals surface area contributed by atoms with Gasteiger partial charge in [-0.3, -0.25) is 9.59 Å². The van der Waals surface area contributed by atoms with E-state index in [2.05, 4.69) is 0 Å². The number of likely N-dealkylation sites (tertiary alicyclic amines) is 1. The highest BCUT2D eigenvalue weighted by atomic mass is 16.4. The number of aryl methyl sites for hydroxylation is 1. The molecule has 2 aromatic rings. The molecule has 0 aliphatic carbocycles. The summed E-state index contributed by atoms with van der Waals surface area (Å²) in [4.78, 5) is 39.4. The van der Waals surface area contributed by atoms with Crippen LogP contribution in [0.1, 0.15) is 33.9 Å². The van der Waals surface area contributed by atoms with E-state index in [0.717, 1.165) is 12.0 Å². The topological polar surface area (TPSA) is 91.1 Å². The van der Waals surface area contributed by atoms with E-state index in [1.165, 1.54) is 11.0 Å². The maximum atomic E-state index is 12.7. The minimum atomic E-state index is -1.06. The van der Waals surface area contributed by atoms with Crippen LogP contribution < -0.4 is 0 Å². The highest BCUT2D eigenvalue weighted by Crippen LogP contribution is 2.22. The zero-order chi connectivity index (χ0) is 20.3. The van der Waals surface area contributed by atoms with E-state index in [9.17, 15) is 14.4 Å². The van der Waals surface area contributed by atoms with Gasteiger partial charge >= 0.3 is 5.97 Å². The summed E-state index contributed by atoms with van der Waals surface area (Å²) in [6.45, 7) is 2.75. The standard InChI is InChI=1S/C21H24N2O5/c1-14-18(21(26)27)11-17(28-14)13-22(2)20(25)16-10-19(24)23(12-16)9-8-15-6-4-3-5-7-15/h3-7,11,16H,8-10,12-13H2,1-2H3,(H,26,27)/t16-/m0/s1. The third-order valence-corrected chi connectivity index (χ3v) is 5.05. The highest BCUT2D eigenvalue weighted by molar-refractivity contribution is 5.90. The second-order valence-corrected chi connectivity index (χ2v) is 7.16. The normalized spacial score (nSPS) is 16.4. The van der Waals surface area contributed by atoms with Crippen LogP contribution in [0.25, 0.3) is 0 Å². The SMILES string of the molecule is Cc1oc(CN(C)C(=O)[C@H]2CC(=O)N(CCc3ccccc3)C2)cc1C(=O)O. The van der Waals surface area contributed by atoms with Gasteiger partial charge in [0.1, 0.15) is 17.1 Å². The Labute approximate surface area is 163 Å². The van der Waals surface area contributed by atoms with E-state index in [-0.39, 0.29) is 36.3 Å². The predicted octanol–water partition coefficient (Wildman–Crippen LogP) is 2.34. The van der Waals surface area contributed by atoms with Gasteiger partial charge in [-0.25, -0.2) is 4.79 Å². The molecule has 1 aliphatic rings. The third kappa shape index (κ3) is 4.42. The van der Waals surface area contributed by atoms with Gasteiger partial charge in [-0.05, 0) is 25.0 Å². The molecule has 148 valence electrons. The molecule has 1 N–H and O–H groups in total. The van der Waals surface area contributed by atoms with Gasteiger partial charge in [0.15, 0.2) is 0 Å². The first-order chi connectivity index (χ1) is 13.3. The molecule has 2 heterocycles. The van der Waals surface area contributed by atoms with Crippen molar-refractivity contribution in [2.24, 2.45) is 5.92 Å². The molecular formula is C21H24N2O5. The molecule has 1 saturated heterocycles. The Morgan fingerprint density at radius 1 is 1.29 bits per heavy atom. The number of carboxylic acid groups (broad SMARTS) is 1. The number of hydrogen-bond donors (Lipinski definition) is 1. The first-order valence-corrected chi connectivity index (χ1v) is 9.24. The quantitative estimate of drug-likeness (QED) is 0.791. The lowest BCUT2D eigenvalue weighted by Crippen LogP contribution is -2.34. The lowest BCUT2D eigenvalue weighted by atomic mass is 10.1. The van der Waals surface area contributed by atoms with Crippen LogP contribution in [0.3, 0.4) is 0 Å². The smallest absolute Gasteiger partial charge is 0.339 e. The number of amides is 2. The van der Waals surface area contributed by atoms with Gasteiger partial charge in [0.2, 0.25) is 11.8 Å². The van der Waals surface area contributed by atoms with Crippen LogP contribution in [-0.4, -0.2) is 52.8 Å². The monoisotopic (exact) mass is 384 g/mol. The van der Waals surface area contributed by atoms with Crippen LogP contribution in [0.4, 0.5) is 0 Å². The van der Waals surface area contributed by atoms with Gasteiger partial charge < -0.3 is 19.3 Å².